The first-order valence-corrected chi connectivity index (χ1v) is 6.65. The molecule has 0 aliphatic rings. The number of nitrogens with zero attached hydrogens (tertiary/aromatic N) is 2. The SMILES string of the molecule is CN(C)CCn1c(-c2ccc(N)cc2)csc1=O. The van der Waals surface area contributed by atoms with E-state index in [1.165, 1.54) is 11.3 Å². The van der Waals surface area contributed by atoms with Gasteiger partial charge in [0.05, 0.1) is 5.69 Å². The van der Waals surface area contributed by atoms with Crippen molar-refractivity contribution in [2.75, 3.05) is 26.4 Å². The quantitative estimate of drug-likeness (QED) is 0.855. The molecule has 1 heterocycles. The van der Waals surface area contributed by atoms with Gasteiger partial charge in [-0.1, -0.05) is 23.5 Å². The van der Waals surface area contributed by atoms with Gasteiger partial charge < -0.3 is 10.6 Å². The van der Waals surface area contributed by atoms with E-state index in [1.807, 2.05) is 48.3 Å². The summed E-state index contributed by atoms with van der Waals surface area (Å²) in [4.78, 5) is 14.0. The molecule has 0 aliphatic carbocycles. The predicted molar refractivity (Wildman–Crippen MR) is 77.0 cm³/mol. The number of hydrogen-bond donors (Lipinski definition) is 1. The van der Waals surface area contributed by atoms with Gasteiger partial charge in [0, 0.05) is 24.2 Å². The summed E-state index contributed by atoms with van der Waals surface area (Å²) in [6.45, 7) is 1.55. The normalized spacial score (nSPS) is 11.1. The molecule has 96 valence electrons. The molecule has 0 amide bonds. The summed E-state index contributed by atoms with van der Waals surface area (Å²) >= 11 is 1.24. The molecule has 4 nitrogen and oxygen atoms in total. The van der Waals surface area contributed by atoms with Crippen molar-refractivity contribution >= 4 is 17.0 Å². The number of hydrogen-bond acceptors (Lipinski definition) is 4. The lowest BCUT2D eigenvalue weighted by Crippen LogP contribution is -2.23. The minimum Gasteiger partial charge on any atom is -0.399 e. The van der Waals surface area contributed by atoms with Crippen LogP contribution in [0.2, 0.25) is 0 Å². The standard InChI is InChI=1S/C13H17N3OS/c1-15(2)7-8-16-12(9-18-13(16)17)10-3-5-11(14)6-4-10/h3-6,9H,7-8,14H2,1-2H3. The third-order valence-corrected chi connectivity index (χ3v) is 3.52. The summed E-state index contributed by atoms with van der Waals surface area (Å²) < 4.78 is 1.82. The fraction of sp³-hybridized carbons (Fsp3) is 0.308. The summed E-state index contributed by atoms with van der Waals surface area (Å²) in [5.74, 6) is 0. The first-order valence-electron chi connectivity index (χ1n) is 5.77. The zero-order valence-corrected chi connectivity index (χ0v) is 11.4. The monoisotopic (exact) mass is 263 g/mol. The van der Waals surface area contributed by atoms with E-state index in [2.05, 4.69) is 4.90 Å². The molecule has 0 fully saturated rings. The Morgan fingerprint density at radius 2 is 1.94 bits per heavy atom. The molecule has 2 N–H and O–H groups in total. The van der Waals surface area contributed by atoms with Gasteiger partial charge in [0.15, 0.2) is 0 Å². The number of thiazole rings is 1. The lowest BCUT2D eigenvalue weighted by Gasteiger charge is -2.12. The fourth-order valence-corrected chi connectivity index (χ4v) is 2.51. The van der Waals surface area contributed by atoms with Gasteiger partial charge in [-0.25, -0.2) is 0 Å². The van der Waals surface area contributed by atoms with E-state index < -0.39 is 0 Å². The van der Waals surface area contributed by atoms with Crippen LogP contribution in [-0.2, 0) is 6.54 Å². The Bertz CT molecular complexity index is 569. The van der Waals surface area contributed by atoms with Crippen molar-refractivity contribution in [3.8, 4) is 11.3 Å². The summed E-state index contributed by atoms with van der Waals surface area (Å²) in [5, 5.41) is 1.91. The Morgan fingerprint density at radius 1 is 1.28 bits per heavy atom. The van der Waals surface area contributed by atoms with E-state index >= 15 is 0 Å². The number of nitrogens with two attached hydrogens (primary N) is 1. The number of likely N-dealkylation sites (N-methyl/N-ethyl adjacent to an activating group) is 1. The highest BCUT2D eigenvalue weighted by atomic mass is 32.1. The van der Waals surface area contributed by atoms with Crippen LogP contribution in [0.25, 0.3) is 11.3 Å². The summed E-state index contributed by atoms with van der Waals surface area (Å²) in [6.07, 6.45) is 0. The molecule has 0 aliphatic heterocycles. The van der Waals surface area contributed by atoms with Gasteiger partial charge in [-0.05, 0) is 31.8 Å². The Morgan fingerprint density at radius 3 is 2.56 bits per heavy atom. The Balaban J connectivity index is 2.33. The lowest BCUT2D eigenvalue weighted by molar-refractivity contribution is 0.383. The smallest absolute Gasteiger partial charge is 0.307 e. The van der Waals surface area contributed by atoms with Crippen LogP contribution >= 0.6 is 11.3 Å². The van der Waals surface area contributed by atoms with Crippen molar-refractivity contribution in [1.82, 2.24) is 9.47 Å². The zero-order chi connectivity index (χ0) is 13.1. The van der Waals surface area contributed by atoms with Crippen molar-refractivity contribution < 1.29 is 0 Å². The van der Waals surface area contributed by atoms with Gasteiger partial charge in [0.2, 0.25) is 0 Å². The molecule has 0 saturated carbocycles. The summed E-state index contributed by atoms with van der Waals surface area (Å²) in [6, 6.07) is 7.60. The highest BCUT2D eigenvalue weighted by Gasteiger charge is 2.08. The number of nitrogen functional groups attached to an aromatic ring is 1. The topological polar surface area (TPSA) is 51.3 Å². The highest BCUT2D eigenvalue weighted by Crippen LogP contribution is 2.21. The molecule has 0 unspecified atom stereocenters. The van der Waals surface area contributed by atoms with Crippen LogP contribution in [0.4, 0.5) is 5.69 Å². The largest absolute Gasteiger partial charge is 0.399 e. The molecule has 1 aromatic carbocycles. The second-order valence-corrected chi connectivity index (χ2v) is 5.28. The molecule has 2 aromatic rings. The van der Waals surface area contributed by atoms with Gasteiger partial charge in [-0.15, -0.1) is 0 Å². The average Bonchev–Trinajstić information content (AvgIpc) is 2.69. The van der Waals surface area contributed by atoms with Crippen LogP contribution in [0.15, 0.2) is 34.4 Å². The van der Waals surface area contributed by atoms with Gasteiger partial charge >= 0.3 is 4.87 Å². The molecule has 2 rings (SSSR count). The van der Waals surface area contributed by atoms with E-state index in [0.717, 1.165) is 23.5 Å². The summed E-state index contributed by atoms with van der Waals surface area (Å²) in [7, 11) is 4.00. The molecule has 1 aromatic heterocycles. The minimum atomic E-state index is 0.0867. The summed E-state index contributed by atoms with van der Waals surface area (Å²) in [5.41, 5.74) is 8.40. The van der Waals surface area contributed by atoms with Crippen molar-refractivity contribution in [2.24, 2.45) is 0 Å². The molecule has 0 spiro atoms. The first kappa shape index (κ1) is 12.9. The third-order valence-electron chi connectivity index (χ3n) is 2.76. The van der Waals surface area contributed by atoms with Crippen LogP contribution in [0.1, 0.15) is 0 Å². The molecule has 5 heteroatoms. The third kappa shape index (κ3) is 2.80. The van der Waals surface area contributed by atoms with E-state index in [-0.39, 0.29) is 4.87 Å². The highest BCUT2D eigenvalue weighted by molar-refractivity contribution is 7.07. The first-order chi connectivity index (χ1) is 8.58. The lowest BCUT2D eigenvalue weighted by atomic mass is 10.1. The molecule has 0 atom stereocenters. The van der Waals surface area contributed by atoms with Crippen LogP contribution in [0.5, 0.6) is 0 Å². The molecular weight excluding hydrogens is 246 g/mol. The second-order valence-electron chi connectivity index (χ2n) is 4.46. The zero-order valence-electron chi connectivity index (χ0n) is 10.6. The van der Waals surface area contributed by atoms with E-state index in [9.17, 15) is 4.79 Å². The second kappa shape index (κ2) is 5.37. The van der Waals surface area contributed by atoms with Crippen LogP contribution < -0.4 is 10.6 Å². The van der Waals surface area contributed by atoms with Gasteiger partial charge in [-0.2, -0.15) is 0 Å². The van der Waals surface area contributed by atoms with Crippen LogP contribution in [0.3, 0.4) is 0 Å². The maximum Gasteiger partial charge on any atom is 0.307 e. The Labute approximate surface area is 110 Å². The molecule has 0 radical (unpaired) electrons. The van der Waals surface area contributed by atoms with Crippen molar-refractivity contribution in [2.45, 2.75) is 6.54 Å². The van der Waals surface area contributed by atoms with Gasteiger partial charge in [0.25, 0.3) is 0 Å². The molecule has 0 saturated heterocycles. The average molecular weight is 263 g/mol. The van der Waals surface area contributed by atoms with Crippen LogP contribution in [0, 0.1) is 0 Å². The maximum atomic E-state index is 11.8. The number of aromatic nitrogens is 1. The van der Waals surface area contributed by atoms with Gasteiger partial charge in [0.1, 0.15) is 0 Å². The molecule has 0 bridgehead atoms. The van der Waals surface area contributed by atoms with E-state index in [1.54, 1.807) is 0 Å². The van der Waals surface area contributed by atoms with Crippen LogP contribution in [-0.4, -0.2) is 30.1 Å². The number of rotatable bonds is 4. The maximum absolute atomic E-state index is 11.8. The van der Waals surface area contributed by atoms with Gasteiger partial charge in [-0.3, -0.25) is 9.36 Å². The number of anilines is 1. The van der Waals surface area contributed by atoms with E-state index in [4.69, 9.17) is 5.73 Å². The fourth-order valence-electron chi connectivity index (χ4n) is 1.72. The Kier molecular flexibility index (Phi) is 3.84. The molecule has 18 heavy (non-hydrogen) atoms. The minimum absolute atomic E-state index is 0.0867. The molecular formula is C13H17N3OS. The Hall–Kier alpha value is -1.59. The van der Waals surface area contributed by atoms with Crippen molar-refractivity contribution in [1.29, 1.82) is 0 Å². The van der Waals surface area contributed by atoms with E-state index in [0.29, 0.717) is 6.54 Å². The van der Waals surface area contributed by atoms with Crippen molar-refractivity contribution in [3.05, 3.63) is 39.3 Å². The number of benzene rings is 1. The van der Waals surface area contributed by atoms with Crippen molar-refractivity contribution in [3.63, 3.8) is 0 Å². The predicted octanol–water partition coefficient (Wildman–Crippen LogP) is 1.72.